The fraction of sp³-hybridized carbons (Fsp3) is 0.333. The molecule has 1 aromatic heterocycles. The molecule has 0 saturated carbocycles. The number of anilines is 2. The Hall–Kier alpha value is -5.12. The van der Waals surface area contributed by atoms with E-state index in [4.69, 9.17) is 10.8 Å². The van der Waals surface area contributed by atoms with Crippen molar-refractivity contribution in [3.8, 4) is 0 Å². The van der Waals surface area contributed by atoms with Crippen LogP contribution in [0.3, 0.4) is 0 Å². The number of rotatable bonds is 11. The molecule has 5 N–H and O–H groups in total. The number of hydrogen-bond donors (Lipinski definition) is 4. The average molecular weight is 624 g/mol. The van der Waals surface area contributed by atoms with Crippen LogP contribution in [0.2, 0.25) is 0 Å². The van der Waals surface area contributed by atoms with Gasteiger partial charge in [-0.3, -0.25) is 19.2 Å². The summed E-state index contributed by atoms with van der Waals surface area (Å²) in [6.07, 6.45) is 4.12. The minimum absolute atomic E-state index is 0.0252. The molecule has 46 heavy (non-hydrogen) atoms. The van der Waals surface area contributed by atoms with Crippen LogP contribution in [-0.2, 0) is 16.1 Å². The molecule has 1 fully saturated rings. The van der Waals surface area contributed by atoms with Gasteiger partial charge in [0.25, 0.3) is 11.5 Å². The monoisotopic (exact) mass is 623 g/mol. The minimum atomic E-state index is -0.835. The van der Waals surface area contributed by atoms with E-state index in [1.807, 2.05) is 55.1 Å². The molecule has 2 heterocycles. The normalized spacial score (nSPS) is 14.2. The Morgan fingerprint density at radius 1 is 1.04 bits per heavy atom. The highest BCUT2D eigenvalue weighted by molar-refractivity contribution is 5.96. The van der Waals surface area contributed by atoms with Gasteiger partial charge in [0.1, 0.15) is 6.04 Å². The molecule has 0 bridgehead atoms. The first kappa shape index (κ1) is 32.3. The second-order valence-corrected chi connectivity index (χ2v) is 12.2. The summed E-state index contributed by atoms with van der Waals surface area (Å²) >= 11 is 0. The number of aryl methyl sites for hydroxylation is 1. The number of nitrogens with zero attached hydrogens (tertiary/aromatic N) is 2. The predicted molar refractivity (Wildman–Crippen MR) is 180 cm³/mol. The lowest BCUT2D eigenvalue weighted by Crippen LogP contribution is -2.36. The van der Waals surface area contributed by atoms with Crippen molar-refractivity contribution in [3.05, 3.63) is 105 Å². The number of carbonyl (C=O) groups excluding carboxylic acids is 2. The third-order valence-electron chi connectivity index (χ3n) is 8.82. The highest BCUT2D eigenvalue weighted by Gasteiger charge is 2.28. The van der Waals surface area contributed by atoms with Crippen molar-refractivity contribution in [2.45, 2.75) is 58.0 Å². The van der Waals surface area contributed by atoms with Gasteiger partial charge in [-0.05, 0) is 96.1 Å². The molecule has 1 aliphatic rings. The molecule has 0 spiro atoms. The number of hydrogen-bond acceptors (Lipinski definition) is 6. The highest BCUT2D eigenvalue weighted by Crippen LogP contribution is 2.30. The first-order valence-electron chi connectivity index (χ1n) is 15.6. The van der Waals surface area contributed by atoms with Gasteiger partial charge >= 0.3 is 5.97 Å². The maximum absolute atomic E-state index is 14.3. The average Bonchev–Trinajstić information content (AvgIpc) is 3.57. The number of H-pyrrole nitrogens is 1. The van der Waals surface area contributed by atoms with Crippen molar-refractivity contribution >= 4 is 39.9 Å². The summed E-state index contributed by atoms with van der Waals surface area (Å²) in [4.78, 5) is 57.5. The van der Waals surface area contributed by atoms with Gasteiger partial charge in [0.2, 0.25) is 5.91 Å². The van der Waals surface area contributed by atoms with E-state index in [1.54, 1.807) is 42.4 Å². The molecular formula is C36H41N5O5. The Bertz CT molecular complexity index is 1830. The number of aliphatic carboxylic acids is 1. The van der Waals surface area contributed by atoms with Gasteiger partial charge in [0.15, 0.2) is 0 Å². The van der Waals surface area contributed by atoms with Crippen molar-refractivity contribution in [2.24, 2.45) is 0 Å². The SMILES string of the molecule is Cc1cc(C(Nc2ccc3cc[nH]c(=O)c3c2)C(=O)N(C)Cc2cc(N)ccc2C(=O)N2CCCC2)ccc1C(C)CCC(=O)O. The number of carboxylic acid groups (broad SMARTS) is 1. The molecule has 10 nitrogen and oxygen atoms in total. The van der Waals surface area contributed by atoms with Crippen LogP contribution in [0.4, 0.5) is 11.4 Å². The number of likely N-dealkylation sites (tertiary alicyclic amines) is 1. The van der Waals surface area contributed by atoms with E-state index in [0.29, 0.717) is 53.0 Å². The number of carbonyl (C=O) groups is 3. The van der Waals surface area contributed by atoms with Crippen LogP contribution in [0.5, 0.6) is 0 Å². The maximum Gasteiger partial charge on any atom is 0.303 e. The molecule has 1 saturated heterocycles. The third-order valence-corrected chi connectivity index (χ3v) is 8.82. The number of likely N-dealkylation sites (N-methyl/N-ethyl adjacent to an activating group) is 1. The van der Waals surface area contributed by atoms with E-state index in [0.717, 1.165) is 29.4 Å². The number of nitrogens with two attached hydrogens (primary N) is 1. The van der Waals surface area contributed by atoms with Gasteiger partial charge in [0.05, 0.1) is 0 Å². The van der Waals surface area contributed by atoms with Crippen molar-refractivity contribution < 1.29 is 19.5 Å². The Balaban J connectivity index is 1.47. The summed E-state index contributed by atoms with van der Waals surface area (Å²) in [5, 5.41) is 13.8. The number of fused-ring (bicyclic) bond motifs is 1. The van der Waals surface area contributed by atoms with Gasteiger partial charge in [-0.25, -0.2) is 0 Å². The quantitative estimate of drug-likeness (QED) is 0.163. The van der Waals surface area contributed by atoms with Gasteiger partial charge in [-0.2, -0.15) is 0 Å². The van der Waals surface area contributed by atoms with Crippen LogP contribution in [0.25, 0.3) is 10.8 Å². The van der Waals surface area contributed by atoms with E-state index in [2.05, 4.69) is 10.3 Å². The number of nitrogens with one attached hydrogen (secondary N) is 2. The number of aromatic nitrogens is 1. The lowest BCUT2D eigenvalue weighted by molar-refractivity contribution is -0.137. The zero-order chi connectivity index (χ0) is 33.0. The molecule has 0 radical (unpaired) electrons. The van der Waals surface area contributed by atoms with Crippen molar-refractivity contribution in [3.63, 3.8) is 0 Å². The summed E-state index contributed by atoms with van der Waals surface area (Å²) in [6.45, 7) is 5.54. The van der Waals surface area contributed by atoms with Crippen molar-refractivity contribution in [2.75, 3.05) is 31.2 Å². The van der Waals surface area contributed by atoms with Crippen LogP contribution in [0, 0.1) is 6.92 Å². The van der Waals surface area contributed by atoms with E-state index in [9.17, 15) is 19.2 Å². The number of carboxylic acids is 1. The van der Waals surface area contributed by atoms with Gasteiger partial charge < -0.3 is 30.9 Å². The second kappa shape index (κ2) is 13.9. The summed E-state index contributed by atoms with van der Waals surface area (Å²) in [5.41, 5.74) is 10.9. The largest absolute Gasteiger partial charge is 0.481 e. The Morgan fingerprint density at radius 3 is 2.52 bits per heavy atom. The zero-order valence-corrected chi connectivity index (χ0v) is 26.5. The number of pyridine rings is 1. The third kappa shape index (κ3) is 7.22. The predicted octanol–water partition coefficient (Wildman–Crippen LogP) is 5.43. The number of benzene rings is 3. The molecule has 1 aliphatic heterocycles. The minimum Gasteiger partial charge on any atom is -0.481 e. The Morgan fingerprint density at radius 2 is 1.80 bits per heavy atom. The first-order chi connectivity index (χ1) is 22.0. The lowest BCUT2D eigenvalue weighted by atomic mass is 9.90. The summed E-state index contributed by atoms with van der Waals surface area (Å²) in [5.74, 6) is -1.11. The van der Waals surface area contributed by atoms with E-state index >= 15 is 0 Å². The second-order valence-electron chi connectivity index (χ2n) is 12.2. The Labute approximate surface area is 268 Å². The topological polar surface area (TPSA) is 149 Å². The fourth-order valence-corrected chi connectivity index (χ4v) is 6.25. The molecular weight excluding hydrogens is 582 g/mol. The first-order valence-corrected chi connectivity index (χ1v) is 15.6. The molecule has 10 heteroatoms. The van der Waals surface area contributed by atoms with E-state index in [-0.39, 0.29) is 36.3 Å². The van der Waals surface area contributed by atoms with Crippen LogP contribution in [0.1, 0.15) is 77.2 Å². The maximum atomic E-state index is 14.3. The van der Waals surface area contributed by atoms with E-state index in [1.165, 1.54) is 0 Å². The molecule has 5 rings (SSSR count). The lowest BCUT2D eigenvalue weighted by Gasteiger charge is -2.28. The molecule has 240 valence electrons. The fourth-order valence-electron chi connectivity index (χ4n) is 6.25. The smallest absolute Gasteiger partial charge is 0.303 e. The molecule has 2 unspecified atom stereocenters. The highest BCUT2D eigenvalue weighted by atomic mass is 16.4. The van der Waals surface area contributed by atoms with Crippen molar-refractivity contribution in [1.82, 2.24) is 14.8 Å². The molecule has 0 aliphatic carbocycles. The van der Waals surface area contributed by atoms with Crippen LogP contribution in [0.15, 0.2) is 71.7 Å². The molecule has 4 aromatic rings. The van der Waals surface area contributed by atoms with E-state index < -0.39 is 12.0 Å². The molecule has 2 amide bonds. The Kier molecular flexibility index (Phi) is 9.75. The number of aromatic amines is 1. The van der Waals surface area contributed by atoms with Gasteiger partial charge in [0, 0.05) is 61.6 Å². The molecule has 3 aromatic carbocycles. The van der Waals surface area contributed by atoms with Gasteiger partial charge in [-0.1, -0.05) is 31.2 Å². The number of nitrogen functional groups attached to an aromatic ring is 1. The molecule has 2 atom stereocenters. The van der Waals surface area contributed by atoms with Crippen molar-refractivity contribution in [1.29, 1.82) is 0 Å². The summed E-state index contributed by atoms with van der Waals surface area (Å²) < 4.78 is 0. The summed E-state index contributed by atoms with van der Waals surface area (Å²) in [7, 11) is 1.70. The van der Waals surface area contributed by atoms with Gasteiger partial charge in [-0.15, -0.1) is 0 Å². The summed E-state index contributed by atoms with van der Waals surface area (Å²) in [6, 6.07) is 17.4. The van der Waals surface area contributed by atoms with Crippen LogP contribution < -0.4 is 16.6 Å². The number of amides is 2. The zero-order valence-electron chi connectivity index (χ0n) is 26.5. The van der Waals surface area contributed by atoms with Crippen LogP contribution in [-0.4, -0.2) is 57.8 Å². The van der Waals surface area contributed by atoms with Crippen LogP contribution >= 0.6 is 0 Å². The standard InChI is InChI=1S/C36H41N5O5/c1-22(6-13-32(42)43)29-11-8-25(18-23(29)2)33(39-28-10-7-24-14-15-38-34(44)31(24)20-28)36(46)40(3)21-26-19-27(37)9-12-30(26)35(45)41-16-4-5-17-41/h7-12,14-15,18-20,22,33,39H,4-6,13,16-17,21,37H2,1-3H3,(H,38,44)(H,42,43).